The Bertz CT molecular complexity index is 853. The first kappa shape index (κ1) is 17.0. The van der Waals surface area contributed by atoms with Crippen molar-refractivity contribution >= 4 is 5.91 Å². The van der Waals surface area contributed by atoms with E-state index in [0.29, 0.717) is 49.8 Å². The molecule has 2 aromatic heterocycles. The molecule has 0 unspecified atom stereocenters. The average molecular weight is 368 g/mol. The molecule has 0 spiro atoms. The summed E-state index contributed by atoms with van der Waals surface area (Å²) in [4.78, 5) is 18.5. The van der Waals surface area contributed by atoms with Crippen molar-refractivity contribution in [2.75, 3.05) is 6.54 Å². The van der Waals surface area contributed by atoms with Gasteiger partial charge < -0.3 is 4.90 Å². The van der Waals surface area contributed by atoms with Crippen molar-refractivity contribution < 1.29 is 18.0 Å². The lowest BCUT2D eigenvalue weighted by atomic mass is 9.95. The van der Waals surface area contributed by atoms with Gasteiger partial charge in [-0.3, -0.25) is 9.48 Å². The second kappa shape index (κ2) is 6.10. The Morgan fingerprint density at radius 1 is 1.15 bits per heavy atom. The van der Waals surface area contributed by atoms with E-state index in [-0.39, 0.29) is 18.0 Å². The summed E-state index contributed by atoms with van der Waals surface area (Å²) >= 11 is 0. The molecular formula is C16H19F3N6O. The van der Waals surface area contributed by atoms with Gasteiger partial charge in [0, 0.05) is 17.8 Å². The predicted octanol–water partition coefficient (Wildman–Crippen LogP) is 1.72. The number of nitrogens with zero attached hydrogens (tertiary/aromatic N) is 6. The molecule has 0 bridgehead atoms. The van der Waals surface area contributed by atoms with E-state index in [2.05, 4.69) is 15.2 Å². The lowest BCUT2D eigenvalue weighted by molar-refractivity contribution is -0.142. The second-order valence-corrected chi connectivity index (χ2v) is 6.75. The molecule has 0 aromatic carbocycles. The van der Waals surface area contributed by atoms with Gasteiger partial charge in [-0.2, -0.15) is 23.4 Å². The number of carbonyl (C=O) groups is 1. The first-order chi connectivity index (χ1) is 12.3. The normalized spacial score (nSPS) is 17.2. The van der Waals surface area contributed by atoms with E-state index in [1.54, 1.807) is 16.5 Å². The molecule has 10 heteroatoms. The van der Waals surface area contributed by atoms with Crippen molar-refractivity contribution in [1.82, 2.24) is 29.4 Å². The molecule has 2 aromatic rings. The van der Waals surface area contributed by atoms with Crippen molar-refractivity contribution in [3.8, 4) is 0 Å². The largest absolute Gasteiger partial charge is 0.435 e. The highest BCUT2D eigenvalue weighted by atomic mass is 19.4. The Morgan fingerprint density at radius 3 is 2.69 bits per heavy atom. The molecule has 0 fully saturated rings. The van der Waals surface area contributed by atoms with Crippen LogP contribution in [0, 0.1) is 6.92 Å². The molecule has 0 radical (unpaired) electrons. The van der Waals surface area contributed by atoms with Crippen LogP contribution in [0.3, 0.4) is 0 Å². The number of hydrogen-bond donors (Lipinski definition) is 0. The van der Waals surface area contributed by atoms with Gasteiger partial charge in [0.1, 0.15) is 18.2 Å². The number of hydrogen-bond acceptors (Lipinski definition) is 4. The van der Waals surface area contributed by atoms with Gasteiger partial charge in [0.15, 0.2) is 5.69 Å². The molecule has 1 aliphatic carbocycles. The number of halogens is 3. The zero-order valence-electron chi connectivity index (χ0n) is 14.4. The van der Waals surface area contributed by atoms with Gasteiger partial charge in [-0.15, -0.1) is 0 Å². The maximum atomic E-state index is 13.3. The first-order valence-electron chi connectivity index (χ1n) is 8.67. The lowest BCUT2D eigenvalue weighted by Crippen LogP contribution is -2.40. The number of amides is 1. The van der Waals surface area contributed by atoms with Crippen molar-refractivity contribution in [3.63, 3.8) is 0 Å². The van der Waals surface area contributed by atoms with E-state index in [4.69, 9.17) is 0 Å². The van der Waals surface area contributed by atoms with Crippen molar-refractivity contribution in [3.05, 3.63) is 28.6 Å². The number of fused-ring (bicyclic) bond motifs is 2. The van der Waals surface area contributed by atoms with E-state index >= 15 is 0 Å². The molecule has 140 valence electrons. The first-order valence-corrected chi connectivity index (χ1v) is 8.67. The fourth-order valence-electron chi connectivity index (χ4n) is 3.73. The molecule has 0 saturated heterocycles. The highest BCUT2D eigenvalue weighted by Crippen LogP contribution is 2.35. The van der Waals surface area contributed by atoms with Crippen LogP contribution in [0.25, 0.3) is 0 Å². The summed E-state index contributed by atoms with van der Waals surface area (Å²) in [5.41, 5.74) is -0.0347. The van der Waals surface area contributed by atoms with Gasteiger partial charge in [0.05, 0.1) is 13.1 Å². The lowest BCUT2D eigenvalue weighted by Gasteiger charge is -2.27. The maximum absolute atomic E-state index is 13.3. The van der Waals surface area contributed by atoms with E-state index in [9.17, 15) is 18.0 Å². The van der Waals surface area contributed by atoms with Crippen LogP contribution in [-0.4, -0.2) is 41.9 Å². The zero-order chi connectivity index (χ0) is 18.5. The molecule has 1 amide bonds. The number of aromatic nitrogens is 5. The second-order valence-electron chi connectivity index (χ2n) is 6.75. The number of aryl methyl sites for hydroxylation is 1. The van der Waals surface area contributed by atoms with Crippen LogP contribution in [0.2, 0.25) is 0 Å². The summed E-state index contributed by atoms with van der Waals surface area (Å²) in [5, 5.41) is 8.00. The summed E-state index contributed by atoms with van der Waals surface area (Å²) in [6.45, 7) is 2.92. The highest BCUT2D eigenvalue weighted by molar-refractivity contribution is 5.76. The number of alkyl halides is 3. The molecule has 26 heavy (non-hydrogen) atoms. The number of carbonyl (C=O) groups excluding carboxylic acids is 1. The minimum atomic E-state index is -4.49. The van der Waals surface area contributed by atoms with Crippen molar-refractivity contribution in [2.24, 2.45) is 0 Å². The predicted molar refractivity (Wildman–Crippen MR) is 84.0 cm³/mol. The third kappa shape index (κ3) is 2.97. The molecular weight excluding hydrogens is 349 g/mol. The van der Waals surface area contributed by atoms with Crippen LogP contribution in [0.4, 0.5) is 13.2 Å². The fourth-order valence-corrected chi connectivity index (χ4v) is 3.73. The minimum Gasteiger partial charge on any atom is -0.332 e. The maximum Gasteiger partial charge on any atom is 0.435 e. The van der Waals surface area contributed by atoms with Crippen molar-refractivity contribution in [1.29, 1.82) is 0 Å². The third-order valence-electron chi connectivity index (χ3n) is 4.93. The summed E-state index contributed by atoms with van der Waals surface area (Å²) in [7, 11) is 0. The van der Waals surface area contributed by atoms with E-state index < -0.39 is 11.9 Å². The van der Waals surface area contributed by atoms with Crippen LogP contribution >= 0.6 is 0 Å². The summed E-state index contributed by atoms with van der Waals surface area (Å²) in [5.74, 6) is 1.09. The Hall–Kier alpha value is -2.39. The Kier molecular flexibility index (Phi) is 4.00. The molecule has 0 saturated carbocycles. The molecule has 0 atom stereocenters. The summed E-state index contributed by atoms with van der Waals surface area (Å²) in [6.07, 6.45) is -2.06. The topological polar surface area (TPSA) is 68.8 Å². The van der Waals surface area contributed by atoms with Gasteiger partial charge in [-0.1, -0.05) is 0 Å². The van der Waals surface area contributed by atoms with E-state index in [0.717, 1.165) is 12.8 Å². The highest BCUT2D eigenvalue weighted by Gasteiger charge is 2.39. The molecule has 2 aliphatic rings. The molecule has 3 heterocycles. The molecule has 7 nitrogen and oxygen atoms in total. The third-order valence-corrected chi connectivity index (χ3v) is 4.93. The quantitative estimate of drug-likeness (QED) is 0.810. The van der Waals surface area contributed by atoms with Crippen LogP contribution in [-0.2, 0) is 43.4 Å². The summed E-state index contributed by atoms with van der Waals surface area (Å²) in [6, 6.07) is 0. The fraction of sp³-hybridized carbons (Fsp3) is 0.625. The Morgan fingerprint density at radius 2 is 1.92 bits per heavy atom. The number of rotatable bonds is 2. The zero-order valence-corrected chi connectivity index (χ0v) is 14.4. The van der Waals surface area contributed by atoms with E-state index in [1.165, 1.54) is 4.68 Å². The van der Waals surface area contributed by atoms with E-state index in [1.807, 2.05) is 0 Å². The van der Waals surface area contributed by atoms with Crippen LogP contribution in [0.5, 0.6) is 0 Å². The Balaban J connectivity index is 1.56. The monoisotopic (exact) mass is 368 g/mol. The van der Waals surface area contributed by atoms with Gasteiger partial charge >= 0.3 is 6.18 Å². The Labute approximate surface area is 147 Å². The van der Waals surface area contributed by atoms with Gasteiger partial charge in [-0.05, 0) is 32.6 Å². The summed E-state index contributed by atoms with van der Waals surface area (Å²) < 4.78 is 42.8. The average Bonchev–Trinajstić information content (AvgIpc) is 3.13. The molecule has 0 N–H and O–H groups in total. The van der Waals surface area contributed by atoms with Crippen LogP contribution < -0.4 is 0 Å². The van der Waals surface area contributed by atoms with Crippen molar-refractivity contribution in [2.45, 2.75) is 58.4 Å². The molecule has 4 rings (SSSR count). The SMILES string of the molecule is Cc1nc2n(n1)CCN(C(=O)Cn1nc(C(F)(F)F)c3c1CCCC3)C2. The van der Waals surface area contributed by atoms with Gasteiger partial charge in [0.25, 0.3) is 0 Å². The standard InChI is InChI=1S/C16H19F3N6O/c1-10-20-13-8-23(6-7-24(13)21-10)14(26)9-25-12-5-3-2-4-11(12)15(22-25)16(17,18)19/h2-9H2,1H3. The smallest absolute Gasteiger partial charge is 0.332 e. The van der Waals surface area contributed by atoms with Gasteiger partial charge in [-0.25, -0.2) is 9.67 Å². The van der Waals surface area contributed by atoms with Gasteiger partial charge in [0.2, 0.25) is 5.91 Å². The van der Waals surface area contributed by atoms with Crippen LogP contribution in [0.15, 0.2) is 0 Å². The van der Waals surface area contributed by atoms with Crippen LogP contribution in [0.1, 0.15) is 41.4 Å². The minimum absolute atomic E-state index is 0.175. The molecule has 1 aliphatic heterocycles.